The average molecular weight is 267 g/mol. The normalized spacial score (nSPS) is 11.8. The van der Waals surface area contributed by atoms with Crippen molar-refractivity contribution >= 4 is 13.3 Å². The van der Waals surface area contributed by atoms with Crippen molar-refractivity contribution in [2.45, 2.75) is 26.2 Å². The van der Waals surface area contributed by atoms with Crippen LogP contribution in [0.3, 0.4) is 0 Å². The van der Waals surface area contributed by atoms with E-state index in [-0.39, 0.29) is 0 Å². The Balaban J connectivity index is 3.44. The second-order valence-electron chi connectivity index (χ2n) is 5.82. The monoisotopic (exact) mass is 267 g/mol. The summed E-state index contributed by atoms with van der Waals surface area (Å²) in [5, 5.41) is 1.36. The third-order valence-corrected chi connectivity index (χ3v) is 4.92. The Morgan fingerprint density at radius 2 is 1.67 bits per heavy atom. The molecule has 1 rings (SSSR count). The van der Waals surface area contributed by atoms with Crippen molar-refractivity contribution in [3.05, 3.63) is 17.7 Å². The highest BCUT2D eigenvalue weighted by Crippen LogP contribution is 2.29. The predicted octanol–water partition coefficient (Wildman–Crippen LogP) is 2.31. The van der Waals surface area contributed by atoms with Gasteiger partial charge in [0, 0.05) is 6.54 Å². The molecular formula is C14H25NO2Si. The van der Waals surface area contributed by atoms with Gasteiger partial charge < -0.3 is 14.4 Å². The minimum absolute atomic E-state index is 0.831. The average Bonchev–Trinajstić information content (AvgIpc) is 2.25. The first-order valence-electron chi connectivity index (χ1n) is 6.20. The van der Waals surface area contributed by atoms with Crippen LogP contribution in [0.1, 0.15) is 5.56 Å². The minimum atomic E-state index is -1.49. The Morgan fingerprint density at radius 3 is 2.06 bits per heavy atom. The van der Waals surface area contributed by atoms with Crippen LogP contribution in [0, 0.1) is 0 Å². The topological polar surface area (TPSA) is 21.7 Å². The largest absolute Gasteiger partial charge is 0.493 e. The van der Waals surface area contributed by atoms with Crippen molar-refractivity contribution in [1.82, 2.24) is 4.90 Å². The van der Waals surface area contributed by atoms with Gasteiger partial charge in [0.25, 0.3) is 0 Å². The molecule has 0 bridgehead atoms. The molecule has 0 spiro atoms. The number of hydrogen-bond donors (Lipinski definition) is 0. The molecule has 0 aliphatic carbocycles. The first-order valence-corrected chi connectivity index (χ1v) is 9.70. The van der Waals surface area contributed by atoms with Crippen LogP contribution >= 0.6 is 0 Å². The fourth-order valence-electron chi connectivity index (χ4n) is 2.26. The third kappa shape index (κ3) is 3.27. The molecule has 0 amide bonds. The summed E-state index contributed by atoms with van der Waals surface area (Å²) < 4.78 is 11.0. The van der Waals surface area contributed by atoms with Gasteiger partial charge in [0.2, 0.25) is 0 Å². The summed E-state index contributed by atoms with van der Waals surface area (Å²) in [5.74, 6) is 1.74. The van der Waals surface area contributed by atoms with E-state index in [1.165, 1.54) is 10.8 Å². The number of methoxy groups -OCH3 is 2. The van der Waals surface area contributed by atoms with E-state index < -0.39 is 8.07 Å². The second kappa shape index (κ2) is 5.76. The SMILES string of the molecule is COc1ccc(CN(C)C)c([Si](C)(C)C)c1OC. The zero-order valence-electron chi connectivity index (χ0n) is 12.6. The summed E-state index contributed by atoms with van der Waals surface area (Å²) in [6.07, 6.45) is 0. The highest BCUT2D eigenvalue weighted by molar-refractivity contribution is 6.89. The molecule has 1 aromatic rings. The number of nitrogens with zero attached hydrogens (tertiary/aromatic N) is 1. The van der Waals surface area contributed by atoms with Gasteiger partial charge in [-0.1, -0.05) is 25.7 Å². The Kier molecular flexibility index (Phi) is 4.82. The molecule has 0 atom stereocenters. The molecule has 18 heavy (non-hydrogen) atoms. The number of rotatable bonds is 5. The lowest BCUT2D eigenvalue weighted by atomic mass is 10.2. The quantitative estimate of drug-likeness (QED) is 0.764. The lowest BCUT2D eigenvalue weighted by molar-refractivity contribution is 0.355. The van der Waals surface area contributed by atoms with E-state index in [0.717, 1.165) is 18.0 Å². The maximum absolute atomic E-state index is 5.61. The Labute approximate surface area is 112 Å². The first-order chi connectivity index (χ1) is 8.31. The fraction of sp³-hybridized carbons (Fsp3) is 0.571. The van der Waals surface area contributed by atoms with Gasteiger partial charge in [-0.25, -0.2) is 0 Å². The number of ether oxygens (including phenoxy) is 2. The van der Waals surface area contributed by atoms with Gasteiger partial charge in [0.1, 0.15) is 0 Å². The summed E-state index contributed by atoms with van der Waals surface area (Å²) in [6.45, 7) is 7.94. The standard InChI is InChI=1S/C14H25NO2Si/c1-15(2)10-11-8-9-12(16-3)13(17-4)14(11)18(5,6)7/h8-9H,10H2,1-7H3. The first kappa shape index (κ1) is 15.1. The molecule has 1 aromatic carbocycles. The molecule has 0 N–H and O–H groups in total. The van der Waals surface area contributed by atoms with Gasteiger partial charge in [-0.2, -0.15) is 0 Å². The lowest BCUT2D eigenvalue weighted by Gasteiger charge is -2.26. The molecule has 0 radical (unpaired) electrons. The van der Waals surface area contributed by atoms with Crippen molar-refractivity contribution in [3.8, 4) is 11.5 Å². The third-order valence-electron chi connectivity index (χ3n) is 2.87. The highest BCUT2D eigenvalue weighted by Gasteiger charge is 2.27. The molecule has 4 heteroatoms. The molecule has 0 unspecified atom stereocenters. The van der Waals surface area contributed by atoms with Gasteiger partial charge >= 0.3 is 0 Å². The Bertz CT molecular complexity index is 411. The highest BCUT2D eigenvalue weighted by atomic mass is 28.3. The summed E-state index contributed by atoms with van der Waals surface area (Å²) >= 11 is 0. The van der Waals surface area contributed by atoms with Crippen molar-refractivity contribution in [3.63, 3.8) is 0 Å². The van der Waals surface area contributed by atoms with Crippen LogP contribution in [-0.2, 0) is 6.54 Å². The van der Waals surface area contributed by atoms with Crippen LogP contribution in [0.2, 0.25) is 19.6 Å². The van der Waals surface area contributed by atoms with Crippen molar-refractivity contribution in [1.29, 1.82) is 0 Å². The zero-order valence-corrected chi connectivity index (χ0v) is 13.6. The smallest absolute Gasteiger partial charge is 0.160 e. The second-order valence-corrected chi connectivity index (χ2v) is 10.8. The van der Waals surface area contributed by atoms with E-state index in [9.17, 15) is 0 Å². The molecule has 0 aliphatic heterocycles. The van der Waals surface area contributed by atoms with Gasteiger partial charge in [-0.05, 0) is 30.9 Å². The van der Waals surface area contributed by atoms with E-state index in [4.69, 9.17) is 9.47 Å². The lowest BCUT2D eigenvalue weighted by Crippen LogP contribution is -2.42. The van der Waals surface area contributed by atoms with Crippen LogP contribution < -0.4 is 14.7 Å². The maximum atomic E-state index is 5.61. The fourth-order valence-corrected chi connectivity index (χ4v) is 4.29. The zero-order chi connectivity index (χ0) is 13.9. The molecule has 3 nitrogen and oxygen atoms in total. The number of hydrogen-bond acceptors (Lipinski definition) is 3. The molecule has 0 heterocycles. The summed E-state index contributed by atoms with van der Waals surface area (Å²) in [7, 11) is 6.10. The molecule has 0 saturated carbocycles. The van der Waals surface area contributed by atoms with Crippen molar-refractivity contribution in [2.75, 3.05) is 28.3 Å². The van der Waals surface area contributed by atoms with Crippen LogP contribution in [0.4, 0.5) is 0 Å². The van der Waals surface area contributed by atoms with Crippen LogP contribution in [0.15, 0.2) is 12.1 Å². The van der Waals surface area contributed by atoms with Crippen molar-refractivity contribution in [2.24, 2.45) is 0 Å². The summed E-state index contributed by atoms with van der Waals surface area (Å²) in [6, 6.07) is 4.16. The minimum Gasteiger partial charge on any atom is -0.493 e. The van der Waals surface area contributed by atoms with E-state index in [1.54, 1.807) is 14.2 Å². The maximum Gasteiger partial charge on any atom is 0.160 e. The molecule has 0 aliphatic rings. The van der Waals surface area contributed by atoms with Gasteiger partial charge in [-0.3, -0.25) is 0 Å². The molecule has 0 fully saturated rings. The van der Waals surface area contributed by atoms with Gasteiger partial charge in [0.15, 0.2) is 11.5 Å². The van der Waals surface area contributed by atoms with Gasteiger partial charge in [-0.15, -0.1) is 0 Å². The molecule has 102 valence electrons. The Hall–Kier alpha value is -1.00. The molecular weight excluding hydrogens is 242 g/mol. The number of benzene rings is 1. The summed E-state index contributed by atoms with van der Waals surface area (Å²) in [5.41, 5.74) is 1.34. The van der Waals surface area contributed by atoms with Gasteiger partial charge in [0.05, 0.1) is 22.3 Å². The summed E-state index contributed by atoms with van der Waals surface area (Å²) in [4.78, 5) is 2.19. The van der Waals surface area contributed by atoms with E-state index >= 15 is 0 Å². The van der Waals surface area contributed by atoms with Crippen molar-refractivity contribution < 1.29 is 9.47 Å². The van der Waals surface area contributed by atoms with E-state index in [1.807, 2.05) is 6.07 Å². The predicted molar refractivity (Wildman–Crippen MR) is 79.9 cm³/mol. The van der Waals surface area contributed by atoms with E-state index in [0.29, 0.717) is 0 Å². The van der Waals surface area contributed by atoms with Crippen LogP contribution in [0.5, 0.6) is 11.5 Å². The molecule has 0 saturated heterocycles. The van der Waals surface area contributed by atoms with Crippen LogP contribution in [-0.4, -0.2) is 41.3 Å². The van der Waals surface area contributed by atoms with Crippen LogP contribution in [0.25, 0.3) is 0 Å². The van der Waals surface area contributed by atoms with E-state index in [2.05, 4.69) is 44.7 Å². The molecule has 0 aromatic heterocycles. The Morgan fingerprint density at radius 1 is 1.06 bits per heavy atom.